The number of rotatable bonds is 7. The van der Waals surface area contributed by atoms with Gasteiger partial charge in [0.15, 0.2) is 5.82 Å². The van der Waals surface area contributed by atoms with Crippen LogP contribution in [0.5, 0.6) is 5.75 Å². The Morgan fingerprint density at radius 3 is 2.40 bits per heavy atom. The first-order chi connectivity index (χ1) is 14.4. The number of aromatic nitrogens is 3. The van der Waals surface area contributed by atoms with E-state index in [0.29, 0.717) is 24.5 Å². The summed E-state index contributed by atoms with van der Waals surface area (Å²) in [5, 5.41) is 4.62. The van der Waals surface area contributed by atoms with Crippen LogP contribution in [0.3, 0.4) is 0 Å². The van der Waals surface area contributed by atoms with E-state index in [1.54, 1.807) is 19.2 Å². The topological polar surface area (TPSA) is 85.6 Å². The quantitative estimate of drug-likeness (QED) is 0.473. The van der Waals surface area contributed by atoms with Crippen LogP contribution >= 0.6 is 11.3 Å². The first-order valence-corrected chi connectivity index (χ1v) is 11.7. The Labute approximate surface area is 179 Å². The Kier molecular flexibility index (Phi) is 5.59. The molecule has 30 heavy (non-hydrogen) atoms. The summed E-state index contributed by atoms with van der Waals surface area (Å²) in [6, 6.07) is 14.4. The van der Waals surface area contributed by atoms with Crippen molar-refractivity contribution < 1.29 is 13.2 Å². The van der Waals surface area contributed by atoms with Crippen LogP contribution in [0.25, 0.3) is 16.3 Å². The normalized spacial score (nSPS) is 11.8. The number of ether oxygens (including phenoxy) is 1. The summed E-state index contributed by atoms with van der Waals surface area (Å²) < 4.78 is 34.5. The highest BCUT2D eigenvalue weighted by Crippen LogP contribution is 2.25. The zero-order valence-electron chi connectivity index (χ0n) is 16.9. The van der Waals surface area contributed by atoms with Crippen molar-refractivity contribution >= 4 is 26.3 Å². The summed E-state index contributed by atoms with van der Waals surface area (Å²) in [4.78, 5) is 6.70. The fourth-order valence-corrected chi connectivity index (χ4v) is 5.17. The number of hydrogen-bond acceptors (Lipinski definition) is 6. The lowest BCUT2D eigenvalue weighted by Crippen LogP contribution is -2.26. The second-order valence-electron chi connectivity index (χ2n) is 6.93. The van der Waals surface area contributed by atoms with Gasteiger partial charge >= 0.3 is 0 Å². The SMILES string of the molecule is COc1ccc(S(=O)(=O)NCCc2sc3nc(-c4ccc(C)cc4)nn3c2C)cc1. The molecule has 2 aromatic carbocycles. The second kappa shape index (κ2) is 8.17. The van der Waals surface area contributed by atoms with Crippen molar-refractivity contribution in [2.75, 3.05) is 13.7 Å². The van der Waals surface area contributed by atoms with Crippen LogP contribution in [-0.4, -0.2) is 36.7 Å². The van der Waals surface area contributed by atoms with E-state index in [-0.39, 0.29) is 4.90 Å². The minimum Gasteiger partial charge on any atom is -0.497 e. The van der Waals surface area contributed by atoms with Gasteiger partial charge in [-0.15, -0.1) is 5.10 Å². The lowest BCUT2D eigenvalue weighted by Gasteiger charge is -2.07. The first-order valence-electron chi connectivity index (χ1n) is 9.43. The molecule has 0 fully saturated rings. The molecule has 9 heteroatoms. The smallest absolute Gasteiger partial charge is 0.240 e. The minimum atomic E-state index is -3.57. The average molecular weight is 443 g/mol. The van der Waals surface area contributed by atoms with Gasteiger partial charge < -0.3 is 4.74 Å². The average Bonchev–Trinajstić information content (AvgIpc) is 3.28. The van der Waals surface area contributed by atoms with Crippen LogP contribution in [0.4, 0.5) is 0 Å². The van der Waals surface area contributed by atoms with Gasteiger partial charge in [-0.3, -0.25) is 0 Å². The highest BCUT2D eigenvalue weighted by atomic mass is 32.2. The van der Waals surface area contributed by atoms with E-state index in [0.717, 1.165) is 21.1 Å². The van der Waals surface area contributed by atoms with E-state index in [2.05, 4.69) is 14.8 Å². The Morgan fingerprint density at radius 2 is 1.77 bits per heavy atom. The number of benzene rings is 2. The van der Waals surface area contributed by atoms with Gasteiger partial charge in [-0.2, -0.15) is 4.98 Å². The van der Waals surface area contributed by atoms with Gasteiger partial charge in [0.25, 0.3) is 0 Å². The lowest BCUT2D eigenvalue weighted by molar-refractivity contribution is 0.414. The predicted octanol–water partition coefficient (Wildman–Crippen LogP) is 3.60. The van der Waals surface area contributed by atoms with Crippen LogP contribution in [0, 0.1) is 13.8 Å². The number of aryl methyl sites for hydroxylation is 2. The van der Waals surface area contributed by atoms with E-state index >= 15 is 0 Å². The number of thiazole rings is 1. The van der Waals surface area contributed by atoms with E-state index in [9.17, 15) is 8.42 Å². The van der Waals surface area contributed by atoms with Gasteiger partial charge in [0.2, 0.25) is 15.0 Å². The summed E-state index contributed by atoms with van der Waals surface area (Å²) in [7, 11) is -2.03. The van der Waals surface area contributed by atoms with Crippen molar-refractivity contribution in [1.29, 1.82) is 0 Å². The molecule has 0 spiro atoms. The molecular formula is C21H22N4O3S2. The largest absolute Gasteiger partial charge is 0.497 e. The zero-order valence-corrected chi connectivity index (χ0v) is 18.5. The molecule has 0 amide bonds. The third kappa shape index (κ3) is 4.09. The van der Waals surface area contributed by atoms with Crippen LogP contribution in [0.2, 0.25) is 0 Å². The summed E-state index contributed by atoms with van der Waals surface area (Å²) in [6.07, 6.45) is 0.566. The van der Waals surface area contributed by atoms with Crippen LogP contribution < -0.4 is 9.46 Å². The molecule has 7 nitrogen and oxygen atoms in total. The number of hydrogen-bond donors (Lipinski definition) is 1. The van der Waals surface area contributed by atoms with Crippen LogP contribution in [-0.2, 0) is 16.4 Å². The number of nitrogens with zero attached hydrogens (tertiary/aromatic N) is 3. The van der Waals surface area contributed by atoms with E-state index in [1.807, 2.05) is 42.6 Å². The molecule has 0 aliphatic carbocycles. The molecule has 0 radical (unpaired) electrons. The number of sulfonamides is 1. The maximum absolute atomic E-state index is 12.5. The van der Waals surface area contributed by atoms with E-state index < -0.39 is 10.0 Å². The lowest BCUT2D eigenvalue weighted by atomic mass is 10.1. The number of fused-ring (bicyclic) bond motifs is 1. The molecule has 0 aliphatic heterocycles. The number of nitrogens with one attached hydrogen (secondary N) is 1. The van der Waals surface area contributed by atoms with Crippen molar-refractivity contribution in [3.8, 4) is 17.1 Å². The molecule has 0 bridgehead atoms. The maximum Gasteiger partial charge on any atom is 0.240 e. The fourth-order valence-electron chi connectivity index (χ4n) is 3.08. The molecule has 1 N–H and O–H groups in total. The van der Waals surface area contributed by atoms with Gasteiger partial charge in [0, 0.05) is 17.0 Å². The maximum atomic E-state index is 12.5. The summed E-state index contributed by atoms with van der Waals surface area (Å²) in [5.41, 5.74) is 3.14. The molecule has 0 saturated heterocycles. The van der Waals surface area contributed by atoms with Gasteiger partial charge in [-0.25, -0.2) is 17.7 Å². The summed E-state index contributed by atoms with van der Waals surface area (Å²) >= 11 is 1.53. The molecule has 156 valence electrons. The highest BCUT2D eigenvalue weighted by Gasteiger charge is 2.17. The van der Waals surface area contributed by atoms with Gasteiger partial charge in [-0.05, 0) is 44.5 Å². The predicted molar refractivity (Wildman–Crippen MR) is 118 cm³/mol. The van der Waals surface area contributed by atoms with E-state index in [4.69, 9.17) is 4.74 Å². The van der Waals surface area contributed by atoms with Gasteiger partial charge in [0.05, 0.1) is 17.7 Å². The minimum absolute atomic E-state index is 0.213. The molecule has 0 aliphatic rings. The van der Waals surface area contributed by atoms with Crippen LogP contribution in [0.15, 0.2) is 53.4 Å². The molecule has 4 aromatic rings. The molecule has 4 rings (SSSR count). The van der Waals surface area contributed by atoms with Crippen LogP contribution in [0.1, 0.15) is 16.1 Å². The molecule has 2 heterocycles. The summed E-state index contributed by atoms with van der Waals surface area (Å²) in [5.74, 6) is 1.31. The Hall–Kier alpha value is -2.75. The third-order valence-corrected chi connectivity index (χ3v) is 7.51. The van der Waals surface area contributed by atoms with Gasteiger partial charge in [-0.1, -0.05) is 41.2 Å². The highest BCUT2D eigenvalue weighted by molar-refractivity contribution is 7.89. The van der Waals surface area contributed by atoms with Crippen molar-refractivity contribution in [1.82, 2.24) is 19.3 Å². The van der Waals surface area contributed by atoms with Gasteiger partial charge in [0.1, 0.15) is 5.75 Å². The Bertz CT molecular complexity index is 1270. The molecule has 0 atom stereocenters. The second-order valence-corrected chi connectivity index (χ2v) is 9.76. The van der Waals surface area contributed by atoms with Crippen molar-refractivity contribution in [2.45, 2.75) is 25.2 Å². The Morgan fingerprint density at radius 1 is 1.07 bits per heavy atom. The number of methoxy groups -OCH3 is 1. The fraction of sp³-hybridized carbons (Fsp3) is 0.238. The van der Waals surface area contributed by atoms with Crippen molar-refractivity contribution in [2.24, 2.45) is 0 Å². The zero-order chi connectivity index (χ0) is 21.3. The standard InChI is InChI=1S/C21H22N4O3S2/c1-14-4-6-16(7-5-14)20-23-21-25(24-20)15(2)19(29-21)12-13-22-30(26,27)18-10-8-17(28-3)9-11-18/h4-11,22H,12-13H2,1-3H3. The first kappa shape index (κ1) is 20.5. The third-order valence-electron chi connectivity index (χ3n) is 4.84. The van der Waals surface area contributed by atoms with E-state index in [1.165, 1.54) is 29.0 Å². The van der Waals surface area contributed by atoms with Crippen molar-refractivity contribution in [3.63, 3.8) is 0 Å². The summed E-state index contributed by atoms with van der Waals surface area (Å²) in [6.45, 7) is 4.32. The molecule has 0 unspecified atom stereocenters. The molecule has 2 aromatic heterocycles. The molecule has 0 saturated carbocycles. The molecular weight excluding hydrogens is 420 g/mol. The monoisotopic (exact) mass is 442 g/mol. The van der Waals surface area contributed by atoms with Crippen molar-refractivity contribution in [3.05, 3.63) is 64.7 Å². The Balaban J connectivity index is 1.45.